The molecule has 0 heterocycles. The summed E-state index contributed by atoms with van der Waals surface area (Å²) in [5.41, 5.74) is 0.119. The van der Waals surface area contributed by atoms with E-state index in [1.165, 1.54) is 19.1 Å². The number of ether oxygens (including phenoxy) is 1. The molecule has 0 aliphatic heterocycles. The van der Waals surface area contributed by atoms with Gasteiger partial charge < -0.3 is 4.74 Å². The summed E-state index contributed by atoms with van der Waals surface area (Å²) in [5.74, 6) is -0.657. The van der Waals surface area contributed by atoms with Gasteiger partial charge in [0.15, 0.2) is 0 Å². The van der Waals surface area contributed by atoms with Gasteiger partial charge in [0.2, 0.25) is 0 Å². The fourth-order valence-electron chi connectivity index (χ4n) is 1.06. The zero-order valence-electron chi connectivity index (χ0n) is 7.58. The van der Waals surface area contributed by atoms with Gasteiger partial charge in [0.25, 0.3) is 0 Å². The van der Waals surface area contributed by atoms with Gasteiger partial charge in [0.1, 0.15) is 10.6 Å². The van der Waals surface area contributed by atoms with Gasteiger partial charge >= 0.3 is 16.8 Å². The highest BCUT2D eigenvalue weighted by Crippen LogP contribution is 2.30. The summed E-state index contributed by atoms with van der Waals surface area (Å²) in [7, 11) is -5.06. The third-order valence-corrected chi connectivity index (χ3v) is 2.49. The first-order valence-corrected chi connectivity index (χ1v) is 5.20. The van der Waals surface area contributed by atoms with E-state index in [0.29, 0.717) is 0 Å². The van der Waals surface area contributed by atoms with Crippen molar-refractivity contribution in [1.82, 2.24) is 0 Å². The molecule has 15 heavy (non-hydrogen) atoms. The van der Waals surface area contributed by atoms with Crippen LogP contribution >= 0.6 is 0 Å². The topological polar surface area (TPSA) is 43.4 Å². The molecule has 1 aromatic rings. The minimum absolute atomic E-state index is 0.119. The Kier molecular flexibility index (Phi) is 3.23. The Morgan fingerprint density at radius 2 is 1.93 bits per heavy atom. The smallest absolute Gasteiger partial charge is 0.387 e. The summed E-state index contributed by atoms with van der Waals surface area (Å²) >= 11 is 0. The molecule has 0 unspecified atom stereocenters. The fourth-order valence-corrected chi connectivity index (χ4v) is 1.73. The van der Waals surface area contributed by atoms with Crippen LogP contribution in [0.15, 0.2) is 23.1 Å². The molecule has 0 aromatic heterocycles. The van der Waals surface area contributed by atoms with Crippen molar-refractivity contribution in [1.29, 1.82) is 0 Å². The molecule has 0 aliphatic carbocycles. The molecule has 0 fully saturated rings. The predicted molar refractivity (Wildman–Crippen MR) is 46.1 cm³/mol. The second-order valence-corrected chi connectivity index (χ2v) is 4.03. The summed E-state index contributed by atoms with van der Waals surface area (Å²) in [6.07, 6.45) is 0. The van der Waals surface area contributed by atoms with Crippen molar-refractivity contribution in [3.8, 4) is 5.75 Å². The molecule has 0 aliphatic rings. The number of alkyl halides is 2. The van der Waals surface area contributed by atoms with Crippen LogP contribution in [0.25, 0.3) is 0 Å². The van der Waals surface area contributed by atoms with Crippen LogP contribution in [0.1, 0.15) is 5.56 Å². The predicted octanol–water partition coefficient (Wildman–Crippen LogP) is 2.25. The first-order valence-electron chi connectivity index (χ1n) is 3.81. The van der Waals surface area contributed by atoms with Crippen molar-refractivity contribution < 1.29 is 25.8 Å². The molecule has 1 aromatic carbocycles. The molecule has 7 heteroatoms. The molecule has 0 saturated heterocycles. The Morgan fingerprint density at radius 1 is 1.33 bits per heavy atom. The number of aryl methyl sites for hydroxylation is 1. The van der Waals surface area contributed by atoms with Crippen molar-refractivity contribution in [3.05, 3.63) is 23.8 Å². The van der Waals surface area contributed by atoms with Crippen LogP contribution < -0.4 is 4.74 Å². The van der Waals surface area contributed by atoms with E-state index in [2.05, 4.69) is 4.74 Å². The van der Waals surface area contributed by atoms with Crippen LogP contribution in [-0.4, -0.2) is 15.0 Å². The van der Waals surface area contributed by atoms with E-state index in [9.17, 15) is 21.1 Å². The van der Waals surface area contributed by atoms with E-state index in [-0.39, 0.29) is 5.56 Å². The van der Waals surface area contributed by atoms with Crippen LogP contribution in [0.4, 0.5) is 12.7 Å². The highest BCUT2D eigenvalue weighted by Gasteiger charge is 2.22. The molecule has 0 bridgehead atoms. The van der Waals surface area contributed by atoms with E-state index in [1.54, 1.807) is 0 Å². The molecule has 0 amide bonds. The molecule has 0 spiro atoms. The number of hydrogen-bond donors (Lipinski definition) is 0. The summed E-state index contributed by atoms with van der Waals surface area (Å²) in [6, 6.07) is 3.44. The van der Waals surface area contributed by atoms with Crippen molar-refractivity contribution in [3.63, 3.8) is 0 Å². The maximum atomic E-state index is 12.7. The van der Waals surface area contributed by atoms with Crippen LogP contribution in [0.5, 0.6) is 5.75 Å². The molecule has 3 nitrogen and oxygen atoms in total. The van der Waals surface area contributed by atoms with E-state index in [4.69, 9.17) is 0 Å². The minimum Gasteiger partial charge on any atom is -0.433 e. The molecule has 0 N–H and O–H groups in total. The lowest BCUT2D eigenvalue weighted by Gasteiger charge is -2.10. The van der Waals surface area contributed by atoms with E-state index < -0.39 is 27.5 Å². The van der Waals surface area contributed by atoms with Crippen LogP contribution in [0, 0.1) is 6.92 Å². The second-order valence-electron chi connectivity index (χ2n) is 2.72. The molecular weight excluding hydrogens is 233 g/mol. The van der Waals surface area contributed by atoms with E-state index in [1.807, 2.05) is 0 Å². The lowest BCUT2D eigenvalue weighted by Crippen LogP contribution is -2.07. The average Bonchev–Trinajstić information content (AvgIpc) is 2.05. The van der Waals surface area contributed by atoms with E-state index in [0.717, 1.165) is 6.07 Å². The molecule has 1 rings (SSSR count). The van der Waals surface area contributed by atoms with Crippen molar-refractivity contribution in [2.24, 2.45) is 0 Å². The molecule has 84 valence electrons. The maximum Gasteiger partial charge on any atom is 0.387 e. The average molecular weight is 240 g/mol. The number of hydrogen-bond acceptors (Lipinski definition) is 3. The van der Waals surface area contributed by atoms with Crippen LogP contribution in [0.3, 0.4) is 0 Å². The zero-order chi connectivity index (χ0) is 11.6. The second kappa shape index (κ2) is 4.09. The Bertz CT molecular complexity index is 456. The van der Waals surface area contributed by atoms with Gasteiger partial charge in [-0.25, -0.2) is 0 Å². The lowest BCUT2D eigenvalue weighted by atomic mass is 10.2. The molecular formula is C8H7F3O3S. The van der Waals surface area contributed by atoms with Crippen molar-refractivity contribution in [2.45, 2.75) is 18.4 Å². The van der Waals surface area contributed by atoms with Gasteiger partial charge in [-0.05, 0) is 18.6 Å². The zero-order valence-corrected chi connectivity index (χ0v) is 8.39. The third-order valence-electron chi connectivity index (χ3n) is 1.65. The van der Waals surface area contributed by atoms with Gasteiger partial charge in [-0.3, -0.25) is 0 Å². The summed E-state index contributed by atoms with van der Waals surface area (Å²) in [4.78, 5) is -0.886. The fraction of sp³-hybridized carbons (Fsp3) is 0.250. The molecule has 0 atom stereocenters. The minimum atomic E-state index is -5.06. The molecule has 0 radical (unpaired) electrons. The highest BCUT2D eigenvalue weighted by molar-refractivity contribution is 7.86. The van der Waals surface area contributed by atoms with Gasteiger partial charge in [0.05, 0.1) is 0 Å². The van der Waals surface area contributed by atoms with Gasteiger partial charge in [-0.2, -0.15) is 17.2 Å². The first-order chi connectivity index (χ1) is 6.82. The summed E-state index contributed by atoms with van der Waals surface area (Å²) in [6.45, 7) is -1.86. The number of benzene rings is 1. The van der Waals surface area contributed by atoms with Crippen molar-refractivity contribution in [2.75, 3.05) is 0 Å². The normalized spacial score (nSPS) is 11.8. The van der Waals surface area contributed by atoms with Crippen LogP contribution in [-0.2, 0) is 10.2 Å². The van der Waals surface area contributed by atoms with Crippen molar-refractivity contribution >= 4 is 10.2 Å². The lowest BCUT2D eigenvalue weighted by molar-refractivity contribution is -0.0522. The standard InChI is InChI=1S/C8H7F3O3S/c1-5-3-2-4-6(15(11,12)13)7(5)14-8(9)10/h2-4,8H,1H3. The van der Waals surface area contributed by atoms with Gasteiger partial charge in [0, 0.05) is 0 Å². The third kappa shape index (κ3) is 2.85. The monoisotopic (exact) mass is 240 g/mol. The number of para-hydroxylation sites is 1. The van der Waals surface area contributed by atoms with Crippen LogP contribution in [0.2, 0.25) is 0 Å². The largest absolute Gasteiger partial charge is 0.433 e. The number of halogens is 3. The van der Waals surface area contributed by atoms with Gasteiger partial charge in [-0.1, -0.05) is 12.1 Å². The highest BCUT2D eigenvalue weighted by atomic mass is 32.3. The maximum absolute atomic E-state index is 12.7. The quantitative estimate of drug-likeness (QED) is 0.761. The Balaban J connectivity index is 3.33. The Morgan fingerprint density at radius 3 is 2.40 bits per heavy atom. The number of rotatable bonds is 3. The Labute approximate surface area is 84.7 Å². The summed E-state index contributed by atoms with van der Waals surface area (Å²) in [5, 5.41) is 0. The SMILES string of the molecule is Cc1cccc(S(=O)(=O)F)c1OC(F)F. The Hall–Kier alpha value is -1.24. The molecule has 0 saturated carbocycles. The summed E-state index contributed by atoms with van der Waals surface area (Å²) < 4.78 is 61.7. The van der Waals surface area contributed by atoms with Gasteiger partial charge in [-0.15, -0.1) is 3.89 Å². The van der Waals surface area contributed by atoms with E-state index >= 15 is 0 Å². The first kappa shape index (κ1) is 11.8.